The first-order chi connectivity index (χ1) is 5.91. The summed E-state index contributed by atoms with van der Waals surface area (Å²) in [5, 5.41) is 0. The molecule has 0 spiro atoms. The van der Waals surface area contributed by atoms with Crippen LogP contribution in [0.1, 0.15) is 40.5 Å². The summed E-state index contributed by atoms with van der Waals surface area (Å²) >= 11 is 0. The van der Waals surface area contributed by atoms with Crippen molar-refractivity contribution in [2.24, 2.45) is 28.0 Å². The SMILES string of the molecule is CC(CN=C(N)C1CC1)C(C)(C)C. The molecule has 0 radical (unpaired) electrons. The molecule has 0 bridgehead atoms. The Morgan fingerprint density at radius 1 is 1.46 bits per heavy atom. The van der Waals surface area contributed by atoms with E-state index in [-0.39, 0.29) is 0 Å². The van der Waals surface area contributed by atoms with E-state index in [0.717, 1.165) is 12.4 Å². The Bertz CT molecular complexity index is 197. The fourth-order valence-corrected chi connectivity index (χ4v) is 1.02. The van der Waals surface area contributed by atoms with E-state index in [1.54, 1.807) is 0 Å². The highest BCUT2D eigenvalue weighted by atomic mass is 14.9. The van der Waals surface area contributed by atoms with E-state index in [1.165, 1.54) is 12.8 Å². The van der Waals surface area contributed by atoms with Crippen LogP contribution in [0.4, 0.5) is 0 Å². The van der Waals surface area contributed by atoms with Crippen molar-refractivity contribution in [1.82, 2.24) is 0 Å². The first-order valence-electron chi connectivity index (χ1n) is 5.21. The van der Waals surface area contributed by atoms with Gasteiger partial charge in [-0.3, -0.25) is 4.99 Å². The zero-order chi connectivity index (χ0) is 10.1. The van der Waals surface area contributed by atoms with Crippen LogP contribution >= 0.6 is 0 Å². The molecule has 1 atom stereocenters. The van der Waals surface area contributed by atoms with Crippen molar-refractivity contribution in [3.8, 4) is 0 Å². The minimum Gasteiger partial charge on any atom is -0.387 e. The molecule has 0 aromatic carbocycles. The molecule has 0 aliphatic heterocycles. The monoisotopic (exact) mass is 182 g/mol. The van der Waals surface area contributed by atoms with Gasteiger partial charge in [-0.25, -0.2) is 0 Å². The van der Waals surface area contributed by atoms with E-state index in [1.807, 2.05) is 0 Å². The van der Waals surface area contributed by atoms with Crippen LogP contribution in [-0.2, 0) is 0 Å². The average molecular weight is 182 g/mol. The minimum absolute atomic E-state index is 0.341. The molecule has 1 aliphatic rings. The second-order valence-corrected chi connectivity index (χ2v) is 5.31. The molecule has 1 rings (SSSR count). The molecule has 1 saturated carbocycles. The lowest BCUT2D eigenvalue weighted by Gasteiger charge is -2.25. The van der Waals surface area contributed by atoms with E-state index < -0.39 is 0 Å². The van der Waals surface area contributed by atoms with Crippen LogP contribution in [0.3, 0.4) is 0 Å². The van der Waals surface area contributed by atoms with Gasteiger partial charge < -0.3 is 5.73 Å². The third-order valence-electron chi connectivity index (χ3n) is 3.02. The molecule has 2 N–H and O–H groups in total. The van der Waals surface area contributed by atoms with E-state index in [0.29, 0.717) is 17.3 Å². The Morgan fingerprint density at radius 2 is 2.00 bits per heavy atom. The summed E-state index contributed by atoms with van der Waals surface area (Å²) in [5.74, 6) is 2.10. The lowest BCUT2D eigenvalue weighted by molar-refractivity contribution is 0.269. The largest absolute Gasteiger partial charge is 0.387 e. The first-order valence-corrected chi connectivity index (χ1v) is 5.21. The van der Waals surface area contributed by atoms with Crippen molar-refractivity contribution in [3.63, 3.8) is 0 Å². The van der Waals surface area contributed by atoms with Crippen LogP contribution < -0.4 is 5.73 Å². The van der Waals surface area contributed by atoms with Gasteiger partial charge in [-0.05, 0) is 24.2 Å². The molecule has 0 aromatic heterocycles. The highest BCUT2D eigenvalue weighted by molar-refractivity contribution is 5.84. The molecule has 1 unspecified atom stereocenters. The highest BCUT2D eigenvalue weighted by Crippen LogP contribution is 2.30. The molecule has 1 fully saturated rings. The molecule has 0 saturated heterocycles. The predicted molar refractivity (Wildman–Crippen MR) is 57.8 cm³/mol. The highest BCUT2D eigenvalue weighted by Gasteiger charge is 2.26. The second-order valence-electron chi connectivity index (χ2n) is 5.31. The first kappa shape index (κ1) is 10.6. The quantitative estimate of drug-likeness (QED) is 0.528. The summed E-state index contributed by atoms with van der Waals surface area (Å²) in [4.78, 5) is 4.45. The maximum Gasteiger partial charge on any atom is 0.0968 e. The summed E-state index contributed by atoms with van der Waals surface area (Å²) in [5.41, 5.74) is 6.16. The lowest BCUT2D eigenvalue weighted by Crippen LogP contribution is -2.22. The lowest BCUT2D eigenvalue weighted by atomic mass is 9.82. The van der Waals surface area contributed by atoms with Crippen molar-refractivity contribution in [2.45, 2.75) is 40.5 Å². The standard InChI is InChI=1S/C11H22N2/c1-8(11(2,3)4)7-13-10(12)9-5-6-9/h8-9H,5-7H2,1-4H3,(H2,12,13). The Labute approximate surface area is 81.6 Å². The number of nitrogens with zero attached hydrogens (tertiary/aromatic N) is 1. The topological polar surface area (TPSA) is 38.4 Å². The number of hydrogen-bond donors (Lipinski definition) is 1. The van der Waals surface area contributed by atoms with Crippen LogP contribution in [0.25, 0.3) is 0 Å². The van der Waals surface area contributed by atoms with Gasteiger partial charge >= 0.3 is 0 Å². The summed E-state index contributed by atoms with van der Waals surface area (Å²) in [6.45, 7) is 9.87. The van der Waals surface area contributed by atoms with E-state index in [9.17, 15) is 0 Å². The third-order valence-corrected chi connectivity index (χ3v) is 3.02. The van der Waals surface area contributed by atoms with Gasteiger partial charge in [-0.1, -0.05) is 27.7 Å². The predicted octanol–water partition coefficient (Wildman–Crippen LogP) is 2.44. The van der Waals surface area contributed by atoms with Crippen molar-refractivity contribution in [3.05, 3.63) is 0 Å². The molecule has 0 heterocycles. The van der Waals surface area contributed by atoms with E-state index in [4.69, 9.17) is 5.73 Å². The molecule has 76 valence electrons. The molecule has 13 heavy (non-hydrogen) atoms. The third kappa shape index (κ3) is 3.37. The number of hydrogen-bond acceptors (Lipinski definition) is 1. The van der Waals surface area contributed by atoms with Crippen molar-refractivity contribution < 1.29 is 0 Å². The Hall–Kier alpha value is -0.530. The van der Waals surface area contributed by atoms with Gasteiger partial charge in [0.15, 0.2) is 0 Å². The van der Waals surface area contributed by atoms with Gasteiger partial charge in [0.1, 0.15) is 0 Å². The van der Waals surface area contributed by atoms with Crippen LogP contribution in [0.15, 0.2) is 4.99 Å². The minimum atomic E-state index is 0.341. The van der Waals surface area contributed by atoms with Crippen LogP contribution in [-0.4, -0.2) is 12.4 Å². The number of amidine groups is 1. The zero-order valence-electron chi connectivity index (χ0n) is 9.30. The van der Waals surface area contributed by atoms with Crippen LogP contribution in [0.5, 0.6) is 0 Å². The molecule has 0 amide bonds. The summed E-state index contributed by atoms with van der Waals surface area (Å²) < 4.78 is 0. The van der Waals surface area contributed by atoms with E-state index in [2.05, 4.69) is 32.7 Å². The van der Waals surface area contributed by atoms with Gasteiger partial charge in [0.2, 0.25) is 0 Å². The van der Waals surface area contributed by atoms with E-state index >= 15 is 0 Å². The molecular formula is C11H22N2. The van der Waals surface area contributed by atoms with Gasteiger partial charge in [-0.2, -0.15) is 0 Å². The maximum absolute atomic E-state index is 5.82. The van der Waals surface area contributed by atoms with Crippen LogP contribution in [0.2, 0.25) is 0 Å². The van der Waals surface area contributed by atoms with Crippen molar-refractivity contribution >= 4 is 5.84 Å². The Morgan fingerprint density at radius 3 is 2.38 bits per heavy atom. The van der Waals surface area contributed by atoms with Crippen molar-refractivity contribution in [2.75, 3.05) is 6.54 Å². The zero-order valence-corrected chi connectivity index (χ0v) is 9.30. The van der Waals surface area contributed by atoms with Gasteiger partial charge in [0, 0.05) is 12.5 Å². The number of aliphatic imine (C=N–C) groups is 1. The number of nitrogens with two attached hydrogens (primary N) is 1. The molecule has 2 nitrogen and oxygen atoms in total. The summed E-state index contributed by atoms with van der Waals surface area (Å²) in [6, 6.07) is 0. The van der Waals surface area contributed by atoms with Gasteiger partial charge in [-0.15, -0.1) is 0 Å². The maximum atomic E-state index is 5.82. The fraction of sp³-hybridized carbons (Fsp3) is 0.909. The smallest absolute Gasteiger partial charge is 0.0968 e. The summed E-state index contributed by atoms with van der Waals surface area (Å²) in [6.07, 6.45) is 2.50. The number of rotatable bonds is 3. The molecule has 2 heteroatoms. The average Bonchev–Trinajstić information content (AvgIpc) is 2.79. The van der Waals surface area contributed by atoms with Crippen LogP contribution in [0, 0.1) is 17.3 Å². The summed E-state index contributed by atoms with van der Waals surface area (Å²) in [7, 11) is 0. The Balaban J connectivity index is 2.36. The fourth-order valence-electron chi connectivity index (χ4n) is 1.02. The van der Waals surface area contributed by atoms with Gasteiger partial charge in [0.05, 0.1) is 5.84 Å². The Kier molecular flexibility index (Phi) is 2.99. The van der Waals surface area contributed by atoms with Gasteiger partial charge in [0.25, 0.3) is 0 Å². The molecule has 1 aliphatic carbocycles. The second kappa shape index (κ2) is 3.69. The molecular weight excluding hydrogens is 160 g/mol. The normalized spacial score (nSPS) is 21.7. The van der Waals surface area contributed by atoms with Crippen molar-refractivity contribution in [1.29, 1.82) is 0 Å². The molecule has 0 aromatic rings.